The minimum Gasteiger partial charge on any atom is -0.497 e. The Morgan fingerprint density at radius 2 is 2.26 bits per heavy atom. The maximum absolute atomic E-state index is 13.8. The van der Waals surface area contributed by atoms with Gasteiger partial charge in [0.25, 0.3) is 0 Å². The Labute approximate surface area is 110 Å². The van der Waals surface area contributed by atoms with Gasteiger partial charge < -0.3 is 4.74 Å². The van der Waals surface area contributed by atoms with E-state index in [1.165, 1.54) is 25.6 Å². The Balaban J connectivity index is 2.21. The second kappa shape index (κ2) is 5.60. The molecule has 100 valence electrons. The van der Waals surface area contributed by atoms with E-state index in [9.17, 15) is 9.18 Å². The predicted octanol–water partition coefficient (Wildman–Crippen LogP) is 1.87. The van der Waals surface area contributed by atoms with Gasteiger partial charge in [-0.1, -0.05) is 0 Å². The van der Waals surface area contributed by atoms with Crippen LogP contribution in [0.4, 0.5) is 4.39 Å². The lowest BCUT2D eigenvalue weighted by Gasteiger charge is -2.05. The first-order valence-corrected chi connectivity index (χ1v) is 5.89. The third kappa shape index (κ3) is 2.78. The molecule has 0 bridgehead atoms. The molecule has 0 aliphatic carbocycles. The molecule has 0 fully saturated rings. The molecule has 0 aliphatic rings. The molecule has 0 radical (unpaired) electrons. The highest BCUT2D eigenvalue weighted by molar-refractivity contribution is 5.97. The first-order valence-electron chi connectivity index (χ1n) is 5.89. The van der Waals surface area contributed by atoms with Crippen LogP contribution in [-0.2, 0) is 13.0 Å². The van der Waals surface area contributed by atoms with Crippen LogP contribution in [0, 0.1) is 5.82 Å². The second-order valence-electron chi connectivity index (χ2n) is 3.94. The van der Waals surface area contributed by atoms with Crippen molar-refractivity contribution in [2.75, 3.05) is 7.11 Å². The van der Waals surface area contributed by atoms with Gasteiger partial charge in [-0.25, -0.2) is 14.1 Å². The molecule has 1 aromatic carbocycles. The molecule has 0 saturated heterocycles. The standard InChI is InChI=1S/C13H14FN3O2/c1-3-17-13(15-8-16-17)7-12(18)10-5-4-9(19-2)6-11(10)14/h4-6,8H,3,7H2,1-2H3. The smallest absolute Gasteiger partial charge is 0.173 e. The lowest BCUT2D eigenvalue weighted by Crippen LogP contribution is -2.12. The normalized spacial score (nSPS) is 10.5. The summed E-state index contributed by atoms with van der Waals surface area (Å²) in [4.78, 5) is 16.0. The molecule has 1 heterocycles. The number of rotatable bonds is 5. The van der Waals surface area contributed by atoms with Crippen LogP contribution in [-0.4, -0.2) is 27.7 Å². The number of nitrogens with zero attached hydrogens (tertiary/aromatic N) is 3. The van der Waals surface area contributed by atoms with Crippen molar-refractivity contribution >= 4 is 5.78 Å². The van der Waals surface area contributed by atoms with Crippen LogP contribution in [0.2, 0.25) is 0 Å². The average Bonchev–Trinajstić information content (AvgIpc) is 2.85. The van der Waals surface area contributed by atoms with Crippen LogP contribution < -0.4 is 4.74 Å². The van der Waals surface area contributed by atoms with Crippen molar-refractivity contribution in [1.29, 1.82) is 0 Å². The minimum absolute atomic E-state index is 0.0249. The van der Waals surface area contributed by atoms with Gasteiger partial charge in [-0.15, -0.1) is 0 Å². The number of carbonyl (C=O) groups is 1. The highest BCUT2D eigenvalue weighted by atomic mass is 19.1. The van der Waals surface area contributed by atoms with Crippen molar-refractivity contribution in [3.63, 3.8) is 0 Å². The zero-order valence-electron chi connectivity index (χ0n) is 10.8. The molecule has 0 aliphatic heterocycles. The highest BCUT2D eigenvalue weighted by Crippen LogP contribution is 2.17. The quantitative estimate of drug-likeness (QED) is 0.773. The molecular formula is C13H14FN3O2. The van der Waals surface area contributed by atoms with Gasteiger partial charge in [-0.3, -0.25) is 4.79 Å². The molecule has 0 unspecified atom stereocenters. The van der Waals surface area contributed by atoms with Gasteiger partial charge in [-0.2, -0.15) is 5.10 Å². The van der Waals surface area contributed by atoms with Gasteiger partial charge >= 0.3 is 0 Å². The molecule has 0 spiro atoms. The number of halogens is 1. The van der Waals surface area contributed by atoms with Gasteiger partial charge in [-0.05, 0) is 19.1 Å². The van der Waals surface area contributed by atoms with E-state index in [1.807, 2.05) is 6.92 Å². The van der Waals surface area contributed by atoms with Crippen LogP contribution in [0.1, 0.15) is 23.1 Å². The molecular weight excluding hydrogens is 249 g/mol. The van der Waals surface area contributed by atoms with E-state index < -0.39 is 5.82 Å². The second-order valence-corrected chi connectivity index (χ2v) is 3.94. The zero-order valence-corrected chi connectivity index (χ0v) is 10.8. The molecule has 19 heavy (non-hydrogen) atoms. The number of aryl methyl sites for hydroxylation is 1. The molecule has 0 N–H and O–H groups in total. The monoisotopic (exact) mass is 263 g/mol. The van der Waals surface area contributed by atoms with Gasteiger partial charge in [0.05, 0.1) is 19.1 Å². The summed E-state index contributed by atoms with van der Waals surface area (Å²) in [6.07, 6.45) is 1.41. The number of ketones is 1. The van der Waals surface area contributed by atoms with Crippen molar-refractivity contribution in [3.05, 3.63) is 41.7 Å². The number of methoxy groups -OCH3 is 1. The summed E-state index contributed by atoms with van der Waals surface area (Å²) in [6, 6.07) is 4.17. The Morgan fingerprint density at radius 3 is 2.89 bits per heavy atom. The molecule has 5 nitrogen and oxygen atoms in total. The fourth-order valence-corrected chi connectivity index (χ4v) is 1.78. The third-order valence-corrected chi connectivity index (χ3v) is 2.79. The van der Waals surface area contributed by atoms with Crippen molar-refractivity contribution in [2.24, 2.45) is 0 Å². The Bertz CT molecular complexity index is 595. The number of hydrogen-bond donors (Lipinski definition) is 0. The number of ether oxygens (including phenoxy) is 1. The largest absolute Gasteiger partial charge is 0.497 e. The van der Waals surface area contributed by atoms with Crippen molar-refractivity contribution < 1.29 is 13.9 Å². The lowest BCUT2D eigenvalue weighted by molar-refractivity contribution is 0.0985. The fourth-order valence-electron chi connectivity index (χ4n) is 1.78. The zero-order chi connectivity index (χ0) is 13.8. The van der Waals surface area contributed by atoms with Crippen molar-refractivity contribution in [2.45, 2.75) is 19.9 Å². The van der Waals surface area contributed by atoms with E-state index in [2.05, 4.69) is 10.1 Å². The predicted molar refractivity (Wildman–Crippen MR) is 66.7 cm³/mol. The fraction of sp³-hybridized carbons (Fsp3) is 0.308. The SMILES string of the molecule is CCn1ncnc1CC(=O)c1ccc(OC)cc1F. The molecule has 2 aromatic rings. The van der Waals surface area contributed by atoms with E-state index in [1.54, 1.807) is 10.7 Å². The average molecular weight is 263 g/mol. The maximum atomic E-state index is 13.8. The van der Waals surface area contributed by atoms with E-state index in [0.29, 0.717) is 18.1 Å². The summed E-state index contributed by atoms with van der Waals surface area (Å²) < 4.78 is 20.3. The molecule has 1 aromatic heterocycles. The topological polar surface area (TPSA) is 57.0 Å². The summed E-state index contributed by atoms with van der Waals surface area (Å²) in [5, 5.41) is 3.97. The van der Waals surface area contributed by atoms with Gasteiger partial charge in [0.2, 0.25) is 0 Å². The summed E-state index contributed by atoms with van der Waals surface area (Å²) in [5.74, 6) is -0.0109. The van der Waals surface area contributed by atoms with E-state index in [0.717, 1.165) is 0 Å². The van der Waals surface area contributed by atoms with Crippen molar-refractivity contribution in [1.82, 2.24) is 14.8 Å². The molecule has 6 heteroatoms. The van der Waals surface area contributed by atoms with Gasteiger partial charge in [0, 0.05) is 12.6 Å². The molecule has 2 rings (SSSR count). The van der Waals surface area contributed by atoms with Crippen LogP contribution in [0.5, 0.6) is 5.75 Å². The van der Waals surface area contributed by atoms with Crippen molar-refractivity contribution in [3.8, 4) is 5.75 Å². The van der Waals surface area contributed by atoms with E-state index >= 15 is 0 Å². The van der Waals surface area contributed by atoms with E-state index in [-0.39, 0.29) is 17.8 Å². The number of benzene rings is 1. The maximum Gasteiger partial charge on any atom is 0.173 e. The van der Waals surface area contributed by atoms with Gasteiger partial charge in [0.15, 0.2) is 5.78 Å². The first-order chi connectivity index (χ1) is 9.15. The number of aromatic nitrogens is 3. The Hall–Kier alpha value is -2.24. The van der Waals surface area contributed by atoms with Crippen LogP contribution in [0.25, 0.3) is 0 Å². The van der Waals surface area contributed by atoms with Crippen LogP contribution in [0.15, 0.2) is 24.5 Å². The highest BCUT2D eigenvalue weighted by Gasteiger charge is 2.16. The minimum atomic E-state index is -0.591. The number of carbonyl (C=O) groups excluding carboxylic acids is 1. The van der Waals surface area contributed by atoms with E-state index in [4.69, 9.17) is 4.74 Å². The Kier molecular flexibility index (Phi) is 3.89. The lowest BCUT2D eigenvalue weighted by atomic mass is 10.1. The first kappa shape index (κ1) is 13.2. The molecule has 0 atom stereocenters. The third-order valence-electron chi connectivity index (χ3n) is 2.79. The number of hydrogen-bond acceptors (Lipinski definition) is 4. The van der Waals surface area contributed by atoms with Crippen LogP contribution in [0.3, 0.4) is 0 Å². The summed E-state index contributed by atoms with van der Waals surface area (Å²) in [6.45, 7) is 2.52. The Morgan fingerprint density at radius 1 is 1.47 bits per heavy atom. The molecule has 0 amide bonds. The van der Waals surface area contributed by atoms with Crippen LogP contribution >= 0.6 is 0 Å². The summed E-state index contributed by atoms with van der Waals surface area (Å²) in [7, 11) is 1.44. The number of Topliss-reactive ketones (excluding diaryl/α,β-unsaturated/α-hetero) is 1. The van der Waals surface area contributed by atoms with Gasteiger partial charge in [0.1, 0.15) is 23.7 Å². The summed E-state index contributed by atoms with van der Waals surface area (Å²) in [5.41, 5.74) is 0.0338. The summed E-state index contributed by atoms with van der Waals surface area (Å²) >= 11 is 0. The molecule has 0 saturated carbocycles.